The summed E-state index contributed by atoms with van der Waals surface area (Å²) in [5, 5.41) is 18.1. The molecule has 0 aliphatic carbocycles. The molecule has 3 nitrogen and oxygen atoms in total. The lowest BCUT2D eigenvalue weighted by molar-refractivity contribution is -0.0979. The average molecular weight is 274 g/mol. The zero-order chi connectivity index (χ0) is 15.7. The lowest BCUT2D eigenvalue weighted by atomic mass is 10.1. The van der Waals surface area contributed by atoms with E-state index in [0.717, 1.165) is 22.3 Å². The fraction of sp³-hybridized carbons (Fsp3) is 0.235. The molecule has 0 aliphatic heterocycles. The number of hydrogen-bond donors (Lipinski definition) is 2. The van der Waals surface area contributed by atoms with Crippen molar-refractivity contribution in [2.75, 3.05) is 0 Å². The van der Waals surface area contributed by atoms with Crippen LogP contribution in [0.4, 0.5) is 0 Å². The van der Waals surface area contributed by atoms with Gasteiger partial charge in [0.2, 0.25) is 0 Å². The summed E-state index contributed by atoms with van der Waals surface area (Å²) in [6.07, 6.45) is 0. The molecule has 0 saturated carbocycles. The van der Waals surface area contributed by atoms with Gasteiger partial charge >= 0.3 is 0 Å². The Labute approximate surface area is 120 Å². The molecule has 0 fully saturated rings. The van der Waals surface area contributed by atoms with Crippen LogP contribution in [0, 0.1) is 27.7 Å². The molecule has 3 heteroatoms. The van der Waals surface area contributed by atoms with Crippen molar-refractivity contribution in [3.63, 3.8) is 0 Å². The first-order valence-electron chi connectivity index (χ1n) is 6.21. The van der Waals surface area contributed by atoms with Crippen LogP contribution in [0.1, 0.15) is 22.3 Å². The van der Waals surface area contributed by atoms with E-state index in [4.69, 9.17) is 9.90 Å². The summed E-state index contributed by atoms with van der Waals surface area (Å²) in [7, 11) is 0. The number of aryl methyl sites for hydroxylation is 3. The van der Waals surface area contributed by atoms with E-state index < -0.39 is 0 Å². The summed E-state index contributed by atoms with van der Waals surface area (Å²) < 4.78 is 0. The number of phenolic OH excluding ortho intramolecular Hbond substituents is 2. The van der Waals surface area contributed by atoms with Crippen LogP contribution >= 0.6 is 0 Å². The highest BCUT2D eigenvalue weighted by Gasteiger charge is 1.98. The molecule has 0 unspecified atom stereocenters. The summed E-state index contributed by atoms with van der Waals surface area (Å²) in [5.41, 5.74) is 4.33. The van der Waals surface area contributed by atoms with Gasteiger partial charge in [0.1, 0.15) is 18.3 Å². The number of rotatable bonds is 0. The lowest BCUT2D eigenvalue weighted by Gasteiger charge is -2.03. The quantitative estimate of drug-likeness (QED) is 0.767. The smallest absolute Gasteiger partial charge is 0.119 e. The summed E-state index contributed by atoms with van der Waals surface area (Å²) in [5.74, 6) is 0.738. The first kappa shape index (κ1) is 17.7. The second-order valence-corrected chi connectivity index (χ2v) is 4.56. The van der Waals surface area contributed by atoms with Crippen molar-refractivity contribution in [2.24, 2.45) is 0 Å². The Morgan fingerprint density at radius 3 is 1.85 bits per heavy atom. The van der Waals surface area contributed by atoms with Crippen molar-refractivity contribution in [1.82, 2.24) is 0 Å². The lowest BCUT2D eigenvalue weighted by Crippen LogP contribution is -1.82. The molecule has 0 radical (unpaired) electrons. The van der Waals surface area contributed by atoms with Crippen molar-refractivity contribution in [3.05, 3.63) is 58.7 Å². The Balaban J connectivity index is 0.000000327. The minimum absolute atomic E-state index is 0.338. The molecule has 2 N–H and O–H groups in total. The second-order valence-electron chi connectivity index (χ2n) is 4.56. The fourth-order valence-corrected chi connectivity index (χ4v) is 1.65. The van der Waals surface area contributed by atoms with Crippen molar-refractivity contribution >= 4 is 6.79 Å². The largest absolute Gasteiger partial charge is 0.508 e. The third-order valence-electron chi connectivity index (χ3n) is 2.79. The molecule has 0 aromatic heterocycles. The number of aromatic hydroxyl groups is 2. The van der Waals surface area contributed by atoms with Crippen LogP contribution in [0.25, 0.3) is 0 Å². The van der Waals surface area contributed by atoms with Crippen LogP contribution in [0.15, 0.2) is 36.4 Å². The van der Waals surface area contributed by atoms with E-state index in [1.807, 2.05) is 46.6 Å². The molecule has 108 valence electrons. The highest BCUT2D eigenvalue weighted by molar-refractivity contribution is 5.40. The van der Waals surface area contributed by atoms with E-state index in [1.54, 1.807) is 18.2 Å². The number of carbonyl (C=O) groups excluding carboxylic acids is 1. The molecule has 0 heterocycles. The van der Waals surface area contributed by atoms with E-state index in [9.17, 15) is 5.11 Å². The van der Waals surface area contributed by atoms with Gasteiger partial charge in [0.05, 0.1) is 0 Å². The number of benzene rings is 2. The minimum Gasteiger partial charge on any atom is -0.508 e. The first-order chi connectivity index (χ1) is 9.40. The maximum atomic E-state index is 9.28. The molecule has 0 aliphatic rings. The van der Waals surface area contributed by atoms with Crippen molar-refractivity contribution < 1.29 is 15.0 Å². The third-order valence-corrected chi connectivity index (χ3v) is 2.79. The van der Waals surface area contributed by atoms with E-state index in [-0.39, 0.29) is 0 Å². The third kappa shape index (κ3) is 6.05. The van der Waals surface area contributed by atoms with Crippen LogP contribution in [0.2, 0.25) is 0 Å². The van der Waals surface area contributed by atoms with Gasteiger partial charge in [0.25, 0.3) is 0 Å². The van der Waals surface area contributed by atoms with Crippen molar-refractivity contribution in [2.45, 2.75) is 27.7 Å². The van der Waals surface area contributed by atoms with Crippen LogP contribution in [-0.4, -0.2) is 17.0 Å². The molecule has 20 heavy (non-hydrogen) atoms. The second kappa shape index (κ2) is 8.75. The van der Waals surface area contributed by atoms with Gasteiger partial charge in [0, 0.05) is 0 Å². The summed E-state index contributed by atoms with van der Waals surface area (Å²) in [4.78, 5) is 8.00. The summed E-state index contributed by atoms with van der Waals surface area (Å²) in [6.45, 7) is 9.85. The molecule has 0 saturated heterocycles. The van der Waals surface area contributed by atoms with Gasteiger partial charge in [-0.05, 0) is 68.1 Å². The van der Waals surface area contributed by atoms with Gasteiger partial charge in [-0.1, -0.05) is 18.2 Å². The molecule has 0 amide bonds. The molecule has 0 bridgehead atoms. The predicted molar refractivity (Wildman–Crippen MR) is 82.3 cm³/mol. The van der Waals surface area contributed by atoms with Crippen molar-refractivity contribution in [1.29, 1.82) is 0 Å². The molecule has 2 aromatic carbocycles. The zero-order valence-electron chi connectivity index (χ0n) is 12.5. The van der Waals surface area contributed by atoms with E-state index >= 15 is 0 Å². The Bertz CT molecular complexity index is 507. The Hall–Kier alpha value is -2.29. The molecule has 0 atom stereocenters. The predicted octanol–water partition coefficient (Wildman–Crippen LogP) is 3.83. The van der Waals surface area contributed by atoms with Gasteiger partial charge in [-0.25, -0.2) is 0 Å². The Morgan fingerprint density at radius 1 is 0.850 bits per heavy atom. The number of hydrogen-bond acceptors (Lipinski definition) is 3. The maximum absolute atomic E-state index is 9.28. The summed E-state index contributed by atoms with van der Waals surface area (Å²) in [6, 6.07) is 11.0. The normalized spacial score (nSPS) is 8.80. The first-order valence-corrected chi connectivity index (χ1v) is 6.21. The summed E-state index contributed by atoms with van der Waals surface area (Å²) >= 11 is 0. The van der Waals surface area contributed by atoms with Gasteiger partial charge in [-0.15, -0.1) is 0 Å². The standard InChI is InChI=1S/C9H12O.C7H8O.CH2O/c1-6-4-7(2)8(3)9(10)5-6;1-6-3-2-4-7(8)5-6;1-2/h4-5,10H,1-3H3;2-5,8H,1H3;1H2. The minimum atomic E-state index is 0.338. The SMILES string of the molecule is C=O.Cc1cc(C)c(C)c(O)c1.Cc1cccc(O)c1. The fourth-order valence-electron chi connectivity index (χ4n) is 1.65. The van der Waals surface area contributed by atoms with Crippen molar-refractivity contribution in [3.8, 4) is 11.5 Å². The highest BCUT2D eigenvalue weighted by atomic mass is 16.3. The number of carbonyl (C=O) groups is 1. The topological polar surface area (TPSA) is 57.5 Å². The molecule has 2 rings (SSSR count). The van der Waals surface area contributed by atoms with E-state index in [2.05, 4.69) is 6.07 Å². The number of phenols is 2. The van der Waals surface area contributed by atoms with E-state index in [1.165, 1.54) is 0 Å². The van der Waals surface area contributed by atoms with Gasteiger partial charge in [0.15, 0.2) is 0 Å². The van der Waals surface area contributed by atoms with Crippen LogP contribution in [-0.2, 0) is 4.79 Å². The monoisotopic (exact) mass is 274 g/mol. The average Bonchev–Trinajstić information content (AvgIpc) is 2.38. The molecule has 2 aromatic rings. The molecular weight excluding hydrogens is 252 g/mol. The van der Waals surface area contributed by atoms with Crippen LogP contribution in [0.5, 0.6) is 11.5 Å². The molecular formula is C17H22O3. The van der Waals surface area contributed by atoms with Crippen LogP contribution < -0.4 is 0 Å². The maximum Gasteiger partial charge on any atom is 0.119 e. The highest BCUT2D eigenvalue weighted by Crippen LogP contribution is 2.20. The molecule has 0 spiro atoms. The Morgan fingerprint density at radius 2 is 1.45 bits per heavy atom. The van der Waals surface area contributed by atoms with E-state index in [0.29, 0.717) is 11.5 Å². The van der Waals surface area contributed by atoms with Crippen LogP contribution in [0.3, 0.4) is 0 Å². The van der Waals surface area contributed by atoms with Gasteiger partial charge in [-0.3, -0.25) is 0 Å². The Kier molecular flexibility index (Phi) is 7.75. The van der Waals surface area contributed by atoms with Gasteiger partial charge in [-0.2, -0.15) is 0 Å². The zero-order valence-corrected chi connectivity index (χ0v) is 12.5. The van der Waals surface area contributed by atoms with Gasteiger partial charge < -0.3 is 15.0 Å².